The van der Waals surface area contributed by atoms with E-state index in [2.05, 4.69) is 15.9 Å². The van der Waals surface area contributed by atoms with Crippen LogP contribution in [-0.2, 0) is 27.2 Å². The van der Waals surface area contributed by atoms with Crippen molar-refractivity contribution in [2.75, 3.05) is 40.8 Å². The van der Waals surface area contributed by atoms with Gasteiger partial charge in [0, 0.05) is 44.1 Å². The van der Waals surface area contributed by atoms with Crippen molar-refractivity contribution in [1.82, 2.24) is 0 Å². The van der Waals surface area contributed by atoms with Crippen LogP contribution in [0.3, 0.4) is 0 Å². The molecule has 0 atom stereocenters. The molecule has 248 valence electrons. The summed E-state index contributed by atoms with van der Waals surface area (Å²) in [6.45, 7) is 0. The van der Waals surface area contributed by atoms with Gasteiger partial charge in [0.15, 0.2) is 0 Å². The Hall–Kier alpha value is -3.40. The first kappa shape index (κ1) is 34.5. The molecule has 8 bridgehead atoms. The summed E-state index contributed by atoms with van der Waals surface area (Å²) in [5.41, 5.74) is 8.67. The predicted molar refractivity (Wildman–Crippen MR) is 196 cm³/mol. The van der Waals surface area contributed by atoms with Crippen molar-refractivity contribution in [1.29, 1.82) is 0 Å². The molecule has 48 heavy (non-hydrogen) atoms. The molecule has 0 unspecified atom stereocenters. The van der Waals surface area contributed by atoms with Gasteiger partial charge in [0.1, 0.15) is 0 Å². The summed E-state index contributed by atoms with van der Waals surface area (Å²) >= 11 is 3.54. The summed E-state index contributed by atoms with van der Waals surface area (Å²) in [5, 5.41) is 0. The van der Waals surface area contributed by atoms with Gasteiger partial charge in [-0.3, -0.25) is 9.13 Å². The zero-order chi connectivity index (χ0) is 33.9. The molecule has 5 aliphatic heterocycles. The van der Waals surface area contributed by atoms with Gasteiger partial charge in [-0.1, -0.05) is 28.1 Å². The normalized spacial score (nSPS) is 18.5. The highest BCUT2D eigenvalue weighted by atomic mass is 79.9. The third-order valence-electron chi connectivity index (χ3n) is 8.46. The second-order valence-corrected chi connectivity index (χ2v) is 17.0. The lowest BCUT2D eigenvalue weighted by Gasteiger charge is -2.24. The first-order chi connectivity index (χ1) is 23.1. The number of hydrogen-bond donors (Lipinski definition) is 0. The van der Waals surface area contributed by atoms with Crippen LogP contribution in [0.4, 0.5) is 0 Å². The van der Waals surface area contributed by atoms with Crippen LogP contribution in [0.25, 0.3) is 5.57 Å². The van der Waals surface area contributed by atoms with Crippen LogP contribution < -0.4 is 0 Å². The van der Waals surface area contributed by atoms with E-state index in [1.165, 1.54) is 28.4 Å². The number of halogens is 1. The molecular weight excluding hydrogens is 714 g/mol. The predicted octanol–water partition coefficient (Wildman–Crippen LogP) is 8.61. The Morgan fingerprint density at radius 3 is 1.69 bits per heavy atom. The zero-order valence-electron chi connectivity index (χ0n) is 27.0. The molecule has 5 heterocycles. The van der Waals surface area contributed by atoms with E-state index in [1.807, 2.05) is 85.0 Å². The van der Waals surface area contributed by atoms with Crippen LogP contribution in [0.2, 0.25) is 0 Å². The van der Waals surface area contributed by atoms with E-state index in [-0.39, 0.29) is 18.2 Å². The standard InChI is InChI=1S/C35H35BrN4O6P2/c1-43-47(41,44-2)19-17-24(18-20-48(42,45-3)46-4)35-32-15-11-28(39-32)21-26-9-13-30(37-26)34(23-5-7-25(36)8-6-23)31-14-10-27(38-31)22-29-12-16-33(35)40-29/h5-16,21-22,24H,17-20H2,1-4H3. The second kappa shape index (κ2) is 14.6. The van der Waals surface area contributed by atoms with E-state index in [0.29, 0.717) is 35.7 Å². The van der Waals surface area contributed by atoms with Crippen LogP contribution in [-0.4, -0.2) is 63.6 Å². The van der Waals surface area contributed by atoms with Gasteiger partial charge in [0.25, 0.3) is 0 Å². The van der Waals surface area contributed by atoms with Gasteiger partial charge in [-0.05, 0) is 97.2 Å². The molecule has 0 amide bonds. The molecule has 0 spiro atoms. The van der Waals surface area contributed by atoms with E-state index < -0.39 is 15.2 Å². The Morgan fingerprint density at radius 2 is 1.12 bits per heavy atom. The van der Waals surface area contributed by atoms with Gasteiger partial charge in [0.2, 0.25) is 0 Å². The first-order valence-corrected chi connectivity index (χ1v) is 19.6. The fourth-order valence-corrected chi connectivity index (χ4v) is 8.43. The lowest BCUT2D eigenvalue weighted by atomic mass is 9.88. The number of aliphatic imine (C=N–C) groups is 4. The number of allylic oxidation sites excluding steroid dienone is 12. The molecule has 0 aliphatic carbocycles. The molecule has 0 radical (unpaired) electrons. The van der Waals surface area contributed by atoms with Crippen LogP contribution in [0.5, 0.6) is 0 Å². The SMILES string of the molecule is COP(=O)(CCC(CCP(=O)(OC)OC)C1=C2C=CC(=N2)C=C2C=CC(=N2)C(c2ccc(Br)cc2)=C2C=CC(=N2)C=C2C=CC1=N2)OC. The molecule has 13 heteroatoms. The number of fused-ring (bicyclic) bond motifs is 4. The smallest absolute Gasteiger partial charge is 0.312 e. The van der Waals surface area contributed by atoms with E-state index >= 15 is 0 Å². The molecule has 5 aliphatic rings. The van der Waals surface area contributed by atoms with Gasteiger partial charge in [0.05, 0.1) is 58.0 Å². The minimum atomic E-state index is -3.35. The Labute approximate surface area is 288 Å². The van der Waals surface area contributed by atoms with Crippen molar-refractivity contribution < 1.29 is 27.2 Å². The lowest BCUT2D eigenvalue weighted by molar-refractivity contribution is 0.270. The van der Waals surface area contributed by atoms with Gasteiger partial charge in [-0.25, -0.2) is 20.0 Å². The number of hydrogen-bond acceptors (Lipinski definition) is 10. The summed E-state index contributed by atoms with van der Waals surface area (Å²) in [7, 11) is -1.22. The molecule has 0 saturated heterocycles. The summed E-state index contributed by atoms with van der Waals surface area (Å²) in [4.78, 5) is 20.0. The minimum Gasteiger partial charge on any atom is -0.312 e. The molecule has 0 fully saturated rings. The Morgan fingerprint density at radius 1 is 0.625 bits per heavy atom. The first-order valence-electron chi connectivity index (χ1n) is 15.3. The molecule has 0 saturated carbocycles. The molecular formula is C35H35BrN4O6P2. The molecule has 1 aromatic carbocycles. The average molecular weight is 750 g/mol. The topological polar surface area (TPSA) is 121 Å². The molecule has 0 N–H and O–H groups in total. The van der Waals surface area contributed by atoms with Crippen LogP contribution in [0.15, 0.2) is 138 Å². The van der Waals surface area contributed by atoms with Crippen molar-refractivity contribution in [3.63, 3.8) is 0 Å². The third-order valence-corrected chi connectivity index (χ3v) is 12.8. The average Bonchev–Trinajstić information content (AvgIpc) is 3.93. The van der Waals surface area contributed by atoms with Gasteiger partial charge >= 0.3 is 15.2 Å². The fourth-order valence-electron chi connectivity index (χ4n) is 5.88. The molecule has 0 aromatic heterocycles. The molecule has 6 rings (SSSR count). The highest BCUT2D eigenvalue weighted by Crippen LogP contribution is 2.51. The lowest BCUT2D eigenvalue weighted by Crippen LogP contribution is -2.17. The van der Waals surface area contributed by atoms with Crippen LogP contribution in [0, 0.1) is 5.92 Å². The van der Waals surface area contributed by atoms with Gasteiger partial charge in [-0.2, -0.15) is 0 Å². The highest BCUT2D eigenvalue weighted by Gasteiger charge is 2.32. The maximum absolute atomic E-state index is 13.2. The van der Waals surface area contributed by atoms with Crippen LogP contribution in [0.1, 0.15) is 18.4 Å². The third kappa shape index (κ3) is 7.58. The van der Waals surface area contributed by atoms with Crippen molar-refractivity contribution in [3.8, 4) is 0 Å². The van der Waals surface area contributed by atoms with Crippen molar-refractivity contribution in [2.24, 2.45) is 25.9 Å². The van der Waals surface area contributed by atoms with Crippen molar-refractivity contribution in [2.45, 2.75) is 12.8 Å². The zero-order valence-corrected chi connectivity index (χ0v) is 30.4. The van der Waals surface area contributed by atoms with E-state index in [1.54, 1.807) is 0 Å². The number of nitrogens with zero attached hydrogens (tertiary/aromatic N) is 4. The summed E-state index contributed by atoms with van der Waals surface area (Å²) in [6, 6.07) is 8.11. The molecule has 10 nitrogen and oxygen atoms in total. The molecule has 1 aromatic rings. The van der Waals surface area contributed by atoms with Crippen molar-refractivity contribution in [3.05, 3.63) is 123 Å². The Balaban J connectivity index is 1.48. The van der Waals surface area contributed by atoms with E-state index in [4.69, 9.17) is 38.1 Å². The summed E-state index contributed by atoms with van der Waals surface area (Å²) in [5.74, 6) is -0.304. The Bertz CT molecular complexity index is 1950. The van der Waals surface area contributed by atoms with Crippen LogP contribution >= 0.6 is 31.1 Å². The van der Waals surface area contributed by atoms with E-state index in [9.17, 15) is 9.13 Å². The Kier molecular flexibility index (Phi) is 10.5. The van der Waals surface area contributed by atoms with E-state index in [0.717, 1.165) is 44.0 Å². The van der Waals surface area contributed by atoms with Gasteiger partial charge < -0.3 is 18.1 Å². The van der Waals surface area contributed by atoms with Crippen molar-refractivity contribution >= 4 is 59.5 Å². The quantitative estimate of drug-likeness (QED) is 0.198. The number of benzene rings is 1. The van der Waals surface area contributed by atoms with Gasteiger partial charge in [-0.15, -0.1) is 0 Å². The monoisotopic (exact) mass is 748 g/mol. The largest absolute Gasteiger partial charge is 0.330 e. The maximum atomic E-state index is 13.2. The summed E-state index contributed by atoms with van der Waals surface area (Å²) in [6.07, 6.45) is 20.6. The summed E-state index contributed by atoms with van der Waals surface area (Å²) < 4.78 is 48.4. The number of rotatable bonds is 12. The fraction of sp³-hybridized carbons (Fsp3) is 0.257. The second-order valence-electron chi connectivity index (χ2n) is 11.3. The highest BCUT2D eigenvalue weighted by molar-refractivity contribution is 9.10. The minimum absolute atomic E-state index is 0.134. The maximum Gasteiger partial charge on any atom is 0.330 e.